The molecule has 8 saturated carbocycles. The van der Waals surface area contributed by atoms with Crippen molar-refractivity contribution in [1.82, 2.24) is 5.32 Å². The summed E-state index contributed by atoms with van der Waals surface area (Å²) in [7, 11) is 0.665. The summed E-state index contributed by atoms with van der Waals surface area (Å²) in [5, 5.41) is 24.5. The van der Waals surface area contributed by atoms with Crippen molar-refractivity contribution in [3.05, 3.63) is 0 Å². The molecular formula is C56H97N2O7S+. The maximum absolute atomic E-state index is 13.4. The zero-order valence-corrected chi connectivity index (χ0v) is 44.0. The Morgan fingerprint density at radius 2 is 1.30 bits per heavy atom. The number of rotatable bonds is 18. The molecule has 3 N–H and O–H groups in total. The monoisotopic (exact) mass is 942 g/mol. The quantitative estimate of drug-likeness (QED) is 0.0709. The van der Waals surface area contributed by atoms with E-state index in [9.17, 15) is 28.2 Å². The molecule has 0 aromatic heterocycles. The van der Waals surface area contributed by atoms with Gasteiger partial charge in [-0.1, -0.05) is 54.4 Å². The predicted molar refractivity (Wildman–Crippen MR) is 264 cm³/mol. The van der Waals surface area contributed by atoms with Crippen LogP contribution in [-0.4, -0.2) is 86.7 Å². The Hall–Kier alpha value is -1.23. The van der Waals surface area contributed by atoms with E-state index in [2.05, 4.69) is 61.0 Å². The minimum atomic E-state index is -3.66. The lowest BCUT2D eigenvalue weighted by molar-refractivity contribution is -0.890. The zero-order chi connectivity index (χ0) is 47.5. The van der Waals surface area contributed by atoms with Gasteiger partial charge in [-0.3, -0.25) is 13.8 Å². The van der Waals surface area contributed by atoms with E-state index in [0.717, 1.165) is 107 Å². The highest BCUT2D eigenvalue weighted by molar-refractivity contribution is 7.86. The molecule has 0 aromatic carbocycles. The fourth-order valence-corrected chi connectivity index (χ4v) is 20.6. The standard InChI is InChI=1S/C56H96N2O7S/c1-37(44-20-22-46-42-18-16-39-13-9-10-28-53(39,3)47(42)27-30-55(44,46)5)14-24-51(60)57-31-11-32-58(7,8)33-12-34-66(63,64)65-41-26-29-54(4)40(35-41)17-19-43-48-23-21-45(38(2)15-25-52(61)62)56(48,6)50(59)36-49(43)54/h37-50,59H,9-36H2,1-8H3,(H-,57,60,61,62)/p+1/t37-,38-,39?,40-,41-,42?,43+,44-,45-,46?,47?,48+,49+,50+,53+,54+,55-,56-/m1/s1. The molecule has 9 nitrogen and oxygen atoms in total. The van der Waals surface area contributed by atoms with E-state index >= 15 is 0 Å². The van der Waals surface area contributed by atoms with Crippen LogP contribution in [0.3, 0.4) is 0 Å². The van der Waals surface area contributed by atoms with Gasteiger partial charge in [-0.05, 0) is 208 Å². The Balaban J connectivity index is 0.722. The molecular weight excluding hydrogens is 845 g/mol. The van der Waals surface area contributed by atoms with Gasteiger partial charge >= 0.3 is 5.97 Å². The van der Waals surface area contributed by atoms with E-state index < -0.39 is 16.1 Å². The SMILES string of the molecule is C[C@H](CCC(=O)O)[C@H]1CC[C@H]2[C@@H]3CC[C@@H]4C[C@H](OS(=O)(=O)CCC[N+](C)(C)CCCNC(=O)CC[C@@H](C)[C@H]5CCC6C7CCC8CCCC[C@]8(C)C7CC[C@@]65C)CC[C@]4(C)[C@H]3C[C@H](O)[C@]12C. The molecule has 0 bridgehead atoms. The molecule has 8 aliphatic rings. The smallest absolute Gasteiger partial charge is 0.303 e. The van der Waals surface area contributed by atoms with E-state index in [1.807, 2.05) is 0 Å². The van der Waals surface area contributed by atoms with E-state index in [1.54, 1.807) is 0 Å². The lowest BCUT2D eigenvalue weighted by Crippen LogP contribution is -2.59. The van der Waals surface area contributed by atoms with Crippen molar-refractivity contribution >= 4 is 22.0 Å². The summed E-state index contributed by atoms with van der Waals surface area (Å²) in [6, 6.07) is 0. The van der Waals surface area contributed by atoms with E-state index in [0.29, 0.717) is 76.6 Å². The van der Waals surface area contributed by atoms with Crippen LogP contribution >= 0.6 is 0 Å². The van der Waals surface area contributed by atoms with Crippen LogP contribution in [0.15, 0.2) is 0 Å². The van der Waals surface area contributed by atoms with Gasteiger partial charge in [0, 0.05) is 32.2 Å². The summed E-state index contributed by atoms with van der Waals surface area (Å²) >= 11 is 0. The average Bonchev–Trinajstić information content (AvgIpc) is 3.81. The molecule has 18 atom stereocenters. The molecule has 4 unspecified atom stereocenters. The van der Waals surface area contributed by atoms with Crippen LogP contribution in [0, 0.1) is 92.7 Å². The first-order valence-electron chi connectivity index (χ1n) is 28.0. The van der Waals surface area contributed by atoms with Crippen LogP contribution in [0.25, 0.3) is 0 Å². The number of amides is 1. The van der Waals surface area contributed by atoms with Gasteiger partial charge in [0.2, 0.25) is 5.91 Å². The number of hydrogen-bond donors (Lipinski definition) is 3. The van der Waals surface area contributed by atoms with Gasteiger partial charge in [-0.2, -0.15) is 8.42 Å². The highest BCUT2D eigenvalue weighted by Crippen LogP contribution is 2.70. The Labute approximate surface area is 402 Å². The van der Waals surface area contributed by atoms with Crippen molar-refractivity contribution in [2.24, 2.45) is 92.7 Å². The zero-order valence-electron chi connectivity index (χ0n) is 43.2. The number of carbonyl (C=O) groups excluding carboxylic acids is 1. The molecule has 10 heteroatoms. The molecule has 0 radical (unpaired) electrons. The lowest BCUT2D eigenvalue weighted by atomic mass is 9.43. The number of hydrogen-bond acceptors (Lipinski definition) is 6. The van der Waals surface area contributed by atoms with Crippen molar-refractivity contribution < 1.29 is 36.9 Å². The van der Waals surface area contributed by atoms with Gasteiger partial charge in [0.25, 0.3) is 10.1 Å². The van der Waals surface area contributed by atoms with Gasteiger partial charge in [0.15, 0.2) is 0 Å². The van der Waals surface area contributed by atoms with Crippen molar-refractivity contribution in [3.63, 3.8) is 0 Å². The molecule has 0 aromatic rings. The number of quaternary nitrogens is 1. The summed E-state index contributed by atoms with van der Waals surface area (Å²) in [5.74, 6) is 7.02. The van der Waals surface area contributed by atoms with Crippen LogP contribution in [0.5, 0.6) is 0 Å². The Morgan fingerprint density at radius 1 is 0.682 bits per heavy atom. The van der Waals surface area contributed by atoms with Gasteiger partial charge in [-0.25, -0.2) is 0 Å². The minimum absolute atomic E-state index is 0.0348. The molecule has 0 spiro atoms. The fourth-order valence-electron chi connectivity index (χ4n) is 19.5. The number of fused-ring (bicyclic) bond motifs is 10. The summed E-state index contributed by atoms with van der Waals surface area (Å²) in [4.78, 5) is 24.5. The molecule has 0 heterocycles. The Bertz CT molecular complexity index is 1820. The average molecular weight is 942 g/mol. The summed E-state index contributed by atoms with van der Waals surface area (Å²) in [5.41, 5.74) is 0.947. The summed E-state index contributed by atoms with van der Waals surface area (Å²) < 4.78 is 33.5. The fraction of sp³-hybridized carbons (Fsp3) is 0.964. The van der Waals surface area contributed by atoms with Crippen molar-refractivity contribution in [3.8, 4) is 0 Å². The van der Waals surface area contributed by atoms with Gasteiger partial charge < -0.3 is 20.0 Å². The van der Waals surface area contributed by atoms with Crippen molar-refractivity contribution in [1.29, 1.82) is 0 Å². The Morgan fingerprint density at radius 3 is 2.06 bits per heavy atom. The predicted octanol–water partition coefficient (Wildman–Crippen LogP) is 11.3. The van der Waals surface area contributed by atoms with E-state index in [-0.39, 0.29) is 47.0 Å². The maximum atomic E-state index is 13.4. The second-order valence-electron chi connectivity index (χ2n) is 26.7. The first kappa shape index (κ1) is 51.1. The second kappa shape index (κ2) is 19.8. The number of carboxylic acids is 1. The topological polar surface area (TPSA) is 130 Å². The van der Waals surface area contributed by atoms with Crippen LogP contribution in [-0.2, 0) is 23.9 Å². The first-order chi connectivity index (χ1) is 31.1. The second-order valence-corrected chi connectivity index (χ2v) is 28.4. The third kappa shape index (κ3) is 9.87. The lowest BCUT2D eigenvalue weighted by Gasteiger charge is -2.62. The van der Waals surface area contributed by atoms with Crippen LogP contribution in [0.2, 0.25) is 0 Å². The van der Waals surface area contributed by atoms with Gasteiger partial charge in [-0.15, -0.1) is 0 Å². The van der Waals surface area contributed by atoms with Gasteiger partial charge in [0.1, 0.15) is 0 Å². The largest absolute Gasteiger partial charge is 0.481 e. The summed E-state index contributed by atoms with van der Waals surface area (Å²) in [6.07, 6.45) is 25.3. The molecule has 1 amide bonds. The number of aliphatic hydroxyl groups excluding tert-OH is 1. The first-order valence-corrected chi connectivity index (χ1v) is 29.6. The van der Waals surface area contributed by atoms with Crippen LogP contribution < -0.4 is 5.32 Å². The number of carbonyl (C=O) groups is 2. The van der Waals surface area contributed by atoms with Crippen molar-refractivity contribution in [2.75, 3.05) is 39.5 Å². The number of aliphatic carboxylic acids is 1. The normalized spacial score (nSPS) is 44.1. The Kier molecular flexibility index (Phi) is 15.3. The number of aliphatic hydroxyl groups is 1. The highest BCUT2D eigenvalue weighted by atomic mass is 32.2. The molecule has 378 valence electrons. The molecule has 8 aliphatic carbocycles. The minimum Gasteiger partial charge on any atom is -0.481 e. The maximum Gasteiger partial charge on any atom is 0.303 e. The van der Waals surface area contributed by atoms with Crippen LogP contribution in [0.1, 0.15) is 196 Å². The number of nitrogens with one attached hydrogen (secondary N) is 1. The molecule has 8 fully saturated rings. The molecule has 66 heavy (non-hydrogen) atoms. The molecule has 8 rings (SSSR count). The third-order valence-corrected chi connectivity index (χ3v) is 24.5. The number of carboxylic acid groups (broad SMARTS) is 1. The number of nitrogens with zero attached hydrogens (tertiary/aromatic N) is 1. The van der Waals surface area contributed by atoms with Gasteiger partial charge in [0.05, 0.1) is 45.1 Å². The van der Waals surface area contributed by atoms with E-state index in [1.165, 1.54) is 64.2 Å². The molecule has 0 saturated heterocycles. The third-order valence-electron chi connectivity index (χ3n) is 23.2. The summed E-state index contributed by atoms with van der Waals surface area (Å²) in [6.45, 7) is 17.0. The highest BCUT2D eigenvalue weighted by Gasteiger charge is 2.64. The van der Waals surface area contributed by atoms with Crippen LogP contribution in [0.4, 0.5) is 0 Å². The molecule has 0 aliphatic heterocycles. The van der Waals surface area contributed by atoms with E-state index in [4.69, 9.17) is 4.18 Å². The van der Waals surface area contributed by atoms with Crippen molar-refractivity contribution in [2.45, 2.75) is 208 Å².